The molecule has 1 aliphatic rings. The van der Waals surface area contributed by atoms with Crippen LogP contribution in [0.2, 0.25) is 0 Å². The summed E-state index contributed by atoms with van der Waals surface area (Å²) in [7, 11) is 0. The van der Waals surface area contributed by atoms with Gasteiger partial charge in [0, 0.05) is 31.9 Å². The number of hydrogen-bond acceptors (Lipinski definition) is 3. The molecule has 0 aromatic carbocycles. The van der Waals surface area contributed by atoms with Crippen LogP contribution < -0.4 is 5.32 Å². The Kier molecular flexibility index (Phi) is 4.57. The quantitative estimate of drug-likeness (QED) is 0.812. The normalized spacial score (nSPS) is 20.3. The van der Waals surface area contributed by atoms with Gasteiger partial charge in [0.25, 0.3) is 0 Å². The smallest absolute Gasteiger partial charge is 0.0948 e. The number of nitrogens with one attached hydrogen (secondary N) is 1. The van der Waals surface area contributed by atoms with Crippen molar-refractivity contribution in [3.63, 3.8) is 0 Å². The lowest BCUT2D eigenvalue weighted by Gasteiger charge is -2.27. The molecule has 1 aliphatic heterocycles. The topological polar surface area (TPSA) is 33.1 Å². The molecule has 1 atom stereocenters. The lowest BCUT2D eigenvalue weighted by Crippen LogP contribution is -2.36. The Labute approximate surface area is 104 Å². The Morgan fingerprint density at radius 3 is 3.06 bits per heavy atom. The molecule has 1 saturated heterocycles. The van der Waals surface area contributed by atoms with E-state index in [9.17, 15) is 0 Å². The van der Waals surface area contributed by atoms with Crippen molar-refractivity contribution in [2.24, 2.45) is 0 Å². The predicted octanol–water partition coefficient (Wildman–Crippen LogP) is 1.48. The highest BCUT2D eigenvalue weighted by Gasteiger charge is 2.21. The summed E-state index contributed by atoms with van der Waals surface area (Å²) in [6.45, 7) is 9.98. The van der Waals surface area contributed by atoms with Crippen LogP contribution in [0.1, 0.15) is 32.4 Å². The van der Waals surface area contributed by atoms with E-state index in [1.54, 1.807) is 0 Å². The third-order valence-corrected chi connectivity index (χ3v) is 3.58. The molecule has 0 saturated carbocycles. The zero-order valence-corrected chi connectivity index (χ0v) is 11.0. The average molecular weight is 236 g/mol. The van der Waals surface area contributed by atoms with Crippen molar-refractivity contribution >= 4 is 0 Å². The molecule has 1 fully saturated rings. The van der Waals surface area contributed by atoms with Gasteiger partial charge in [0.1, 0.15) is 0 Å². The first kappa shape index (κ1) is 12.6. The summed E-state index contributed by atoms with van der Waals surface area (Å²) in [4.78, 5) is 6.83. The molecular formula is C13H24N4. The zero-order chi connectivity index (χ0) is 12.1. The molecule has 96 valence electrons. The fraction of sp³-hybridized carbons (Fsp3) is 0.769. The number of aromatic nitrogens is 2. The Morgan fingerprint density at radius 1 is 1.53 bits per heavy atom. The van der Waals surface area contributed by atoms with Gasteiger partial charge >= 0.3 is 0 Å². The van der Waals surface area contributed by atoms with Crippen LogP contribution in [0.5, 0.6) is 0 Å². The van der Waals surface area contributed by atoms with E-state index in [0.29, 0.717) is 6.04 Å². The molecule has 0 radical (unpaired) electrons. The maximum Gasteiger partial charge on any atom is 0.0948 e. The first-order valence-corrected chi connectivity index (χ1v) is 6.79. The molecule has 1 aromatic rings. The maximum atomic E-state index is 4.28. The highest BCUT2D eigenvalue weighted by molar-refractivity contribution is 4.99. The molecule has 1 N–H and O–H groups in total. The summed E-state index contributed by atoms with van der Waals surface area (Å²) in [6, 6.07) is 0.699. The molecule has 4 nitrogen and oxygen atoms in total. The van der Waals surface area contributed by atoms with E-state index in [2.05, 4.69) is 33.6 Å². The van der Waals surface area contributed by atoms with Gasteiger partial charge < -0.3 is 9.88 Å². The molecule has 2 rings (SSSR count). The minimum Gasteiger partial charge on any atom is -0.333 e. The Bertz CT molecular complexity index is 328. The van der Waals surface area contributed by atoms with Crippen LogP contribution in [0, 0.1) is 0 Å². The van der Waals surface area contributed by atoms with E-state index in [-0.39, 0.29) is 0 Å². The molecule has 2 heterocycles. The Morgan fingerprint density at radius 2 is 2.41 bits per heavy atom. The van der Waals surface area contributed by atoms with Crippen molar-refractivity contribution in [1.29, 1.82) is 0 Å². The van der Waals surface area contributed by atoms with E-state index in [0.717, 1.165) is 32.7 Å². The summed E-state index contributed by atoms with van der Waals surface area (Å²) in [5, 5.41) is 3.44. The van der Waals surface area contributed by atoms with E-state index in [4.69, 9.17) is 0 Å². The third kappa shape index (κ3) is 3.07. The molecule has 0 bridgehead atoms. The van der Waals surface area contributed by atoms with Crippen molar-refractivity contribution in [2.75, 3.05) is 19.6 Å². The van der Waals surface area contributed by atoms with Gasteiger partial charge in [-0.15, -0.1) is 0 Å². The van der Waals surface area contributed by atoms with Crippen LogP contribution in [-0.4, -0.2) is 40.1 Å². The number of nitrogens with zero attached hydrogens (tertiary/aromatic N) is 3. The van der Waals surface area contributed by atoms with E-state index in [1.807, 2.05) is 12.5 Å². The minimum atomic E-state index is 0.699. The molecule has 0 amide bonds. The Balaban J connectivity index is 1.99. The monoisotopic (exact) mass is 236 g/mol. The third-order valence-electron chi connectivity index (χ3n) is 3.58. The highest BCUT2D eigenvalue weighted by Crippen LogP contribution is 2.13. The van der Waals surface area contributed by atoms with Gasteiger partial charge in [-0.05, 0) is 25.9 Å². The summed E-state index contributed by atoms with van der Waals surface area (Å²) in [6.07, 6.45) is 6.41. The summed E-state index contributed by atoms with van der Waals surface area (Å²) in [5.41, 5.74) is 1.35. The van der Waals surface area contributed by atoms with Crippen LogP contribution in [-0.2, 0) is 13.1 Å². The molecule has 4 heteroatoms. The lowest BCUT2D eigenvalue weighted by molar-refractivity contribution is 0.205. The average Bonchev–Trinajstić information content (AvgIpc) is 2.97. The maximum absolute atomic E-state index is 4.28. The predicted molar refractivity (Wildman–Crippen MR) is 69.9 cm³/mol. The van der Waals surface area contributed by atoms with Crippen molar-refractivity contribution < 1.29 is 0 Å². The largest absolute Gasteiger partial charge is 0.333 e. The van der Waals surface area contributed by atoms with Gasteiger partial charge in [-0.25, -0.2) is 4.98 Å². The SMILES string of the molecule is CCCn1cncc1CN(CC)C1CCNC1. The van der Waals surface area contributed by atoms with E-state index in [1.165, 1.54) is 18.5 Å². The van der Waals surface area contributed by atoms with Gasteiger partial charge in [0.2, 0.25) is 0 Å². The number of hydrogen-bond donors (Lipinski definition) is 1. The molecule has 17 heavy (non-hydrogen) atoms. The standard InChI is InChI=1S/C13H24N4/c1-3-7-17-11-15-9-13(17)10-16(4-2)12-5-6-14-8-12/h9,11-12,14H,3-8,10H2,1-2H3. The van der Waals surface area contributed by atoms with Gasteiger partial charge in [-0.1, -0.05) is 13.8 Å². The summed E-state index contributed by atoms with van der Waals surface area (Å²) >= 11 is 0. The molecule has 1 aromatic heterocycles. The highest BCUT2D eigenvalue weighted by atomic mass is 15.2. The van der Waals surface area contributed by atoms with Crippen molar-refractivity contribution in [3.8, 4) is 0 Å². The van der Waals surface area contributed by atoms with Gasteiger partial charge in [0.15, 0.2) is 0 Å². The van der Waals surface area contributed by atoms with Crippen molar-refractivity contribution in [2.45, 2.75) is 45.8 Å². The second-order valence-corrected chi connectivity index (χ2v) is 4.79. The number of rotatable bonds is 6. The van der Waals surface area contributed by atoms with Crippen LogP contribution >= 0.6 is 0 Å². The first-order valence-electron chi connectivity index (χ1n) is 6.79. The van der Waals surface area contributed by atoms with Crippen molar-refractivity contribution in [3.05, 3.63) is 18.2 Å². The van der Waals surface area contributed by atoms with Crippen LogP contribution in [0.15, 0.2) is 12.5 Å². The minimum absolute atomic E-state index is 0.699. The molecule has 0 aliphatic carbocycles. The fourth-order valence-corrected chi connectivity index (χ4v) is 2.58. The van der Waals surface area contributed by atoms with Gasteiger partial charge in [-0.2, -0.15) is 0 Å². The number of imidazole rings is 1. The fourth-order valence-electron chi connectivity index (χ4n) is 2.58. The number of likely N-dealkylation sites (N-methyl/N-ethyl adjacent to an activating group) is 1. The second-order valence-electron chi connectivity index (χ2n) is 4.79. The molecule has 1 unspecified atom stereocenters. The van der Waals surface area contributed by atoms with E-state index < -0.39 is 0 Å². The van der Waals surface area contributed by atoms with Crippen molar-refractivity contribution in [1.82, 2.24) is 19.8 Å². The first-order chi connectivity index (χ1) is 8.35. The lowest BCUT2D eigenvalue weighted by atomic mass is 10.2. The van der Waals surface area contributed by atoms with E-state index >= 15 is 0 Å². The van der Waals surface area contributed by atoms with Gasteiger partial charge in [0.05, 0.1) is 12.0 Å². The molecular weight excluding hydrogens is 212 g/mol. The second kappa shape index (κ2) is 6.17. The van der Waals surface area contributed by atoms with Crippen LogP contribution in [0.3, 0.4) is 0 Å². The Hall–Kier alpha value is -0.870. The van der Waals surface area contributed by atoms with Gasteiger partial charge in [-0.3, -0.25) is 4.90 Å². The van der Waals surface area contributed by atoms with Crippen LogP contribution in [0.4, 0.5) is 0 Å². The number of aryl methyl sites for hydroxylation is 1. The summed E-state index contributed by atoms with van der Waals surface area (Å²) in [5.74, 6) is 0. The molecule has 0 spiro atoms. The van der Waals surface area contributed by atoms with Crippen LogP contribution in [0.25, 0.3) is 0 Å². The zero-order valence-electron chi connectivity index (χ0n) is 11.0. The summed E-state index contributed by atoms with van der Waals surface area (Å²) < 4.78 is 2.28.